The number of nitrogens with zero attached hydrogens (tertiary/aromatic N) is 1. The molecule has 0 saturated heterocycles. The molecule has 1 rings (SSSR count). The number of aromatic nitrogens is 1. The van der Waals surface area contributed by atoms with Gasteiger partial charge in [0.15, 0.2) is 0 Å². The lowest BCUT2D eigenvalue weighted by Crippen LogP contribution is -2.42. The van der Waals surface area contributed by atoms with E-state index >= 15 is 0 Å². The zero-order valence-electron chi connectivity index (χ0n) is 8.99. The zero-order valence-corrected chi connectivity index (χ0v) is 8.99. The van der Waals surface area contributed by atoms with E-state index in [0.717, 1.165) is 11.5 Å². The van der Waals surface area contributed by atoms with Crippen LogP contribution >= 0.6 is 0 Å². The number of hydrogen-bond acceptors (Lipinski definition) is 5. The maximum absolute atomic E-state index is 9.12. The molecular weight excluding hydrogens is 194 g/mol. The first-order valence-corrected chi connectivity index (χ1v) is 4.77. The Morgan fingerprint density at radius 1 is 1.40 bits per heavy atom. The highest BCUT2D eigenvalue weighted by Gasteiger charge is 2.21. The van der Waals surface area contributed by atoms with Crippen molar-refractivity contribution < 1.29 is 10.2 Å². The molecule has 0 atom stereocenters. The van der Waals surface area contributed by atoms with Crippen molar-refractivity contribution in [3.8, 4) is 0 Å². The van der Waals surface area contributed by atoms with E-state index in [1.165, 1.54) is 0 Å². The lowest BCUT2D eigenvalue weighted by molar-refractivity contribution is 0.147. The molecule has 0 spiro atoms. The Labute approximate surface area is 89.2 Å². The van der Waals surface area contributed by atoms with E-state index in [4.69, 9.17) is 10.2 Å². The summed E-state index contributed by atoms with van der Waals surface area (Å²) in [5.41, 5.74) is 0.0896. The maximum atomic E-state index is 9.12. The first-order valence-electron chi connectivity index (χ1n) is 4.77. The van der Waals surface area contributed by atoms with Crippen LogP contribution in [0.4, 0.5) is 11.5 Å². The average molecular weight is 211 g/mol. The minimum atomic E-state index is -0.716. The fourth-order valence-electron chi connectivity index (χ4n) is 1.12. The number of rotatable bonds is 5. The van der Waals surface area contributed by atoms with Crippen molar-refractivity contribution in [2.24, 2.45) is 0 Å². The Kier molecular flexibility index (Phi) is 3.88. The molecule has 0 fully saturated rings. The van der Waals surface area contributed by atoms with Gasteiger partial charge in [-0.05, 0) is 13.0 Å². The highest BCUT2D eigenvalue weighted by molar-refractivity contribution is 5.53. The quantitative estimate of drug-likeness (QED) is 0.562. The van der Waals surface area contributed by atoms with Gasteiger partial charge in [0.25, 0.3) is 0 Å². The molecule has 4 N–H and O–H groups in total. The van der Waals surface area contributed by atoms with Crippen molar-refractivity contribution >= 4 is 11.5 Å². The second-order valence-corrected chi connectivity index (χ2v) is 3.68. The number of nitrogens with one attached hydrogen (secondary N) is 2. The Morgan fingerprint density at radius 2 is 2.07 bits per heavy atom. The molecule has 0 aliphatic rings. The summed E-state index contributed by atoms with van der Waals surface area (Å²) >= 11 is 0. The standard InChI is InChI=1S/C10H17N3O2/c1-10(6-14,7-15)13-8-3-4-12-9(5-8)11-2/h3-5,14-15H,6-7H2,1-2H3,(H2,11,12,13). The zero-order chi connectivity index (χ0) is 11.3. The van der Waals surface area contributed by atoms with Crippen molar-refractivity contribution in [3.63, 3.8) is 0 Å². The van der Waals surface area contributed by atoms with Crippen LogP contribution in [-0.2, 0) is 0 Å². The second-order valence-electron chi connectivity index (χ2n) is 3.68. The molecule has 0 aliphatic heterocycles. The minimum absolute atomic E-state index is 0.138. The average Bonchev–Trinajstić information content (AvgIpc) is 2.29. The molecule has 84 valence electrons. The summed E-state index contributed by atoms with van der Waals surface area (Å²) in [4.78, 5) is 4.06. The molecular formula is C10H17N3O2. The van der Waals surface area contributed by atoms with Crippen LogP contribution in [0, 0.1) is 0 Å². The van der Waals surface area contributed by atoms with Crippen LogP contribution in [0.1, 0.15) is 6.92 Å². The maximum Gasteiger partial charge on any atom is 0.127 e. The Hall–Kier alpha value is -1.33. The number of pyridine rings is 1. The number of anilines is 2. The normalized spacial score (nSPS) is 11.2. The van der Waals surface area contributed by atoms with Crippen LogP contribution < -0.4 is 10.6 Å². The highest BCUT2D eigenvalue weighted by atomic mass is 16.3. The van der Waals surface area contributed by atoms with E-state index in [0.29, 0.717) is 0 Å². The van der Waals surface area contributed by atoms with Gasteiger partial charge in [0.2, 0.25) is 0 Å². The van der Waals surface area contributed by atoms with Crippen LogP contribution in [0.5, 0.6) is 0 Å². The Bertz CT molecular complexity index is 313. The topological polar surface area (TPSA) is 77.4 Å². The summed E-state index contributed by atoms with van der Waals surface area (Å²) in [6, 6.07) is 3.59. The van der Waals surface area contributed by atoms with Crippen molar-refractivity contribution in [1.29, 1.82) is 0 Å². The first-order chi connectivity index (χ1) is 7.13. The fourth-order valence-corrected chi connectivity index (χ4v) is 1.12. The summed E-state index contributed by atoms with van der Waals surface area (Å²) in [5.74, 6) is 0.734. The second kappa shape index (κ2) is 4.95. The predicted octanol–water partition coefficient (Wildman–Crippen LogP) is 0.278. The summed E-state index contributed by atoms with van der Waals surface area (Å²) in [7, 11) is 1.78. The van der Waals surface area contributed by atoms with E-state index in [9.17, 15) is 0 Å². The van der Waals surface area contributed by atoms with Crippen molar-refractivity contribution in [1.82, 2.24) is 4.98 Å². The van der Waals surface area contributed by atoms with Crippen LogP contribution in [0.2, 0.25) is 0 Å². The molecule has 0 amide bonds. The summed E-state index contributed by atoms with van der Waals surface area (Å²) in [5, 5.41) is 24.2. The van der Waals surface area contributed by atoms with Crippen LogP contribution in [0.25, 0.3) is 0 Å². The van der Waals surface area contributed by atoms with Crippen molar-refractivity contribution in [3.05, 3.63) is 18.3 Å². The van der Waals surface area contributed by atoms with Gasteiger partial charge in [0.05, 0.1) is 18.8 Å². The molecule has 0 aromatic carbocycles. The summed E-state index contributed by atoms with van der Waals surface area (Å²) < 4.78 is 0. The minimum Gasteiger partial charge on any atom is -0.394 e. The van der Waals surface area contributed by atoms with E-state index < -0.39 is 5.54 Å². The van der Waals surface area contributed by atoms with Crippen molar-refractivity contribution in [2.75, 3.05) is 30.9 Å². The lowest BCUT2D eigenvalue weighted by Gasteiger charge is -2.27. The molecule has 1 aromatic heterocycles. The van der Waals surface area contributed by atoms with Gasteiger partial charge in [-0.1, -0.05) is 0 Å². The number of aliphatic hydroxyl groups excluding tert-OH is 2. The number of aliphatic hydroxyl groups is 2. The van der Waals surface area contributed by atoms with Crippen molar-refractivity contribution in [2.45, 2.75) is 12.5 Å². The van der Waals surface area contributed by atoms with E-state index in [1.807, 2.05) is 6.07 Å². The fraction of sp³-hybridized carbons (Fsp3) is 0.500. The van der Waals surface area contributed by atoms with Gasteiger partial charge in [0.1, 0.15) is 5.82 Å². The molecule has 0 aliphatic carbocycles. The monoisotopic (exact) mass is 211 g/mol. The Morgan fingerprint density at radius 3 is 2.60 bits per heavy atom. The predicted molar refractivity (Wildman–Crippen MR) is 60.0 cm³/mol. The third kappa shape index (κ3) is 3.07. The van der Waals surface area contributed by atoms with Gasteiger partial charge in [-0.3, -0.25) is 0 Å². The first kappa shape index (κ1) is 11.7. The third-order valence-corrected chi connectivity index (χ3v) is 2.16. The molecule has 5 nitrogen and oxygen atoms in total. The molecule has 5 heteroatoms. The van der Waals surface area contributed by atoms with E-state index in [-0.39, 0.29) is 13.2 Å². The lowest BCUT2D eigenvalue weighted by atomic mass is 10.1. The van der Waals surface area contributed by atoms with Gasteiger partial charge < -0.3 is 20.8 Å². The molecule has 0 bridgehead atoms. The van der Waals surface area contributed by atoms with Gasteiger partial charge in [-0.15, -0.1) is 0 Å². The molecule has 0 radical (unpaired) electrons. The highest BCUT2D eigenvalue weighted by Crippen LogP contribution is 2.16. The molecule has 1 aromatic rings. The smallest absolute Gasteiger partial charge is 0.127 e. The van der Waals surface area contributed by atoms with Crippen LogP contribution in [0.3, 0.4) is 0 Å². The molecule has 15 heavy (non-hydrogen) atoms. The molecule has 0 unspecified atom stereocenters. The number of hydrogen-bond donors (Lipinski definition) is 4. The van der Waals surface area contributed by atoms with Gasteiger partial charge in [-0.2, -0.15) is 0 Å². The summed E-state index contributed by atoms with van der Waals surface area (Å²) in [6.45, 7) is 1.47. The van der Waals surface area contributed by atoms with Gasteiger partial charge in [0, 0.05) is 25.0 Å². The van der Waals surface area contributed by atoms with Gasteiger partial charge >= 0.3 is 0 Å². The van der Waals surface area contributed by atoms with Crippen LogP contribution in [-0.4, -0.2) is 41.0 Å². The summed E-state index contributed by atoms with van der Waals surface area (Å²) in [6.07, 6.45) is 1.66. The SMILES string of the molecule is CNc1cc(NC(C)(CO)CO)ccn1. The van der Waals surface area contributed by atoms with E-state index in [2.05, 4.69) is 15.6 Å². The largest absolute Gasteiger partial charge is 0.394 e. The third-order valence-electron chi connectivity index (χ3n) is 2.16. The van der Waals surface area contributed by atoms with Gasteiger partial charge in [-0.25, -0.2) is 4.98 Å². The van der Waals surface area contributed by atoms with E-state index in [1.54, 1.807) is 26.2 Å². The molecule has 1 heterocycles. The Balaban J connectivity index is 2.79. The molecule has 0 saturated carbocycles. The van der Waals surface area contributed by atoms with Crippen LogP contribution in [0.15, 0.2) is 18.3 Å².